The van der Waals surface area contributed by atoms with Gasteiger partial charge >= 0.3 is 5.69 Å². The van der Waals surface area contributed by atoms with Gasteiger partial charge in [0.25, 0.3) is 5.91 Å². The lowest BCUT2D eigenvalue weighted by molar-refractivity contribution is -0.387. The van der Waals surface area contributed by atoms with Gasteiger partial charge in [0.2, 0.25) is 5.82 Å². The minimum Gasteiger partial charge on any atom is -0.321 e. The molecule has 0 atom stereocenters. The highest BCUT2D eigenvalue weighted by Gasteiger charge is 2.16. The molecule has 0 fully saturated rings. The third-order valence-electron chi connectivity index (χ3n) is 2.38. The molecule has 1 N–H and O–H groups in total. The summed E-state index contributed by atoms with van der Waals surface area (Å²) < 4.78 is 13.9. The lowest BCUT2D eigenvalue weighted by Crippen LogP contribution is -2.14. The molecule has 0 aliphatic carbocycles. The number of nitro groups is 1. The van der Waals surface area contributed by atoms with Crippen LogP contribution in [0.3, 0.4) is 0 Å². The number of aromatic nitrogens is 1. The molecule has 6 nitrogen and oxygen atoms in total. The summed E-state index contributed by atoms with van der Waals surface area (Å²) in [4.78, 5) is 25.4. The Bertz CT molecular complexity index is 693. The first-order valence-electron chi connectivity index (χ1n) is 5.35. The predicted octanol–water partition coefficient (Wildman–Crippen LogP) is 3.14. The number of anilines is 1. The van der Waals surface area contributed by atoms with Crippen LogP contribution in [0.4, 0.5) is 15.8 Å². The molecule has 1 amide bonds. The number of carbonyl (C=O) groups is 1. The largest absolute Gasteiger partial charge is 0.321 e. The van der Waals surface area contributed by atoms with Gasteiger partial charge in [0.1, 0.15) is 5.69 Å². The molecule has 2 aromatic rings. The van der Waals surface area contributed by atoms with Crippen molar-refractivity contribution < 1.29 is 14.1 Å². The molecule has 0 unspecified atom stereocenters. The van der Waals surface area contributed by atoms with E-state index in [2.05, 4.69) is 26.2 Å². The quantitative estimate of drug-likeness (QED) is 0.687. The molecule has 0 saturated carbocycles. The number of benzene rings is 1. The summed E-state index contributed by atoms with van der Waals surface area (Å²) in [6.45, 7) is 0. The number of nitrogens with zero attached hydrogens (tertiary/aromatic N) is 2. The van der Waals surface area contributed by atoms with E-state index in [4.69, 9.17) is 0 Å². The van der Waals surface area contributed by atoms with E-state index in [1.807, 2.05) is 0 Å². The van der Waals surface area contributed by atoms with Gasteiger partial charge in [-0.25, -0.2) is 4.98 Å². The van der Waals surface area contributed by atoms with Crippen LogP contribution in [0.25, 0.3) is 0 Å². The summed E-state index contributed by atoms with van der Waals surface area (Å²) in [6, 6.07) is 6.39. The van der Waals surface area contributed by atoms with E-state index in [1.165, 1.54) is 12.3 Å². The number of carbonyl (C=O) groups excluding carboxylic acids is 1. The van der Waals surface area contributed by atoms with Crippen LogP contribution in [0.1, 0.15) is 10.5 Å². The minimum absolute atomic E-state index is 0.107. The smallest absolute Gasteiger partial charge is 0.304 e. The Morgan fingerprint density at radius 2 is 2.15 bits per heavy atom. The number of pyridine rings is 1. The normalized spacial score (nSPS) is 10.1. The van der Waals surface area contributed by atoms with Crippen LogP contribution >= 0.6 is 15.9 Å². The van der Waals surface area contributed by atoms with Gasteiger partial charge in [0.15, 0.2) is 0 Å². The van der Waals surface area contributed by atoms with Crippen LogP contribution in [0.5, 0.6) is 0 Å². The van der Waals surface area contributed by atoms with Gasteiger partial charge in [-0.3, -0.25) is 14.9 Å². The van der Waals surface area contributed by atoms with Crippen molar-refractivity contribution in [3.63, 3.8) is 0 Å². The molecule has 0 spiro atoms. The standard InChI is InChI=1S/C12H7BrFN3O3/c13-8-2-1-5-15-11(8)12(18)16-7-3-4-10(17(19)20)9(14)6-7/h1-6H,(H,16,18). The Morgan fingerprint density at radius 1 is 1.40 bits per heavy atom. The molecule has 1 heterocycles. The Morgan fingerprint density at radius 3 is 2.75 bits per heavy atom. The molecule has 0 aliphatic heterocycles. The van der Waals surface area contributed by atoms with E-state index in [-0.39, 0.29) is 11.4 Å². The van der Waals surface area contributed by atoms with Gasteiger partial charge in [0.05, 0.1) is 4.92 Å². The molecule has 0 aliphatic rings. The van der Waals surface area contributed by atoms with Crippen molar-refractivity contribution in [1.29, 1.82) is 0 Å². The zero-order valence-electron chi connectivity index (χ0n) is 9.84. The lowest BCUT2D eigenvalue weighted by Gasteiger charge is -2.06. The van der Waals surface area contributed by atoms with Crippen molar-refractivity contribution in [2.45, 2.75) is 0 Å². The van der Waals surface area contributed by atoms with E-state index in [0.29, 0.717) is 4.47 Å². The number of amides is 1. The Kier molecular flexibility index (Phi) is 4.04. The van der Waals surface area contributed by atoms with Crippen LogP contribution in [-0.2, 0) is 0 Å². The van der Waals surface area contributed by atoms with E-state index in [1.54, 1.807) is 12.1 Å². The van der Waals surface area contributed by atoms with Gasteiger partial charge in [0, 0.05) is 28.5 Å². The summed E-state index contributed by atoms with van der Waals surface area (Å²) in [6.07, 6.45) is 1.44. The number of hydrogen-bond acceptors (Lipinski definition) is 4. The molecule has 1 aromatic heterocycles. The van der Waals surface area contributed by atoms with Crippen molar-refractivity contribution in [3.05, 3.63) is 62.6 Å². The molecule has 102 valence electrons. The van der Waals surface area contributed by atoms with Gasteiger partial charge in [-0.1, -0.05) is 0 Å². The fourth-order valence-corrected chi connectivity index (χ4v) is 1.91. The predicted molar refractivity (Wildman–Crippen MR) is 72.9 cm³/mol. The second kappa shape index (κ2) is 5.74. The lowest BCUT2D eigenvalue weighted by atomic mass is 10.2. The van der Waals surface area contributed by atoms with E-state index < -0.39 is 22.3 Å². The first-order chi connectivity index (χ1) is 9.49. The van der Waals surface area contributed by atoms with Gasteiger partial charge in [-0.05, 0) is 34.1 Å². The molecule has 0 saturated heterocycles. The summed E-state index contributed by atoms with van der Waals surface area (Å²) in [7, 11) is 0. The molecular formula is C12H7BrFN3O3. The fraction of sp³-hybridized carbons (Fsp3) is 0. The monoisotopic (exact) mass is 339 g/mol. The number of rotatable bonds is 3. The van der Waals surface area contributed by atoms with Crippen LogP contribution in [0.15, 0.2) is 41.0 Å². The summed E-state index contributed by atoms with van der Waals surface area (Å²) in [5.74, 6) is -1.57. The van der Waals surface area contributed by atoms with E-state index >= 15 is 0 Å². The van der Waals surface area contributed by atoms with Gasteiger partial charge < -0.3 is 5.32 Å². The maximum Gasteiger partial charge on any atom is 0.304 e. The molecule has 8 heteroatoms. The zero-order chi connectivity index (χ0) is 14.7. The van der Waals surface area contributed by atoms with Crippen LogP contribution in [0.2, 0.25) is 0 Å². The molecule has 20 heavy (non-hydrogen) atoms. The van der Waals surface area contributed by atoms with Crippen molar-refractivity contribution >= 4 is 33.2 Å². The molecule has 0 bridgehead atoms. The van der Waals surface area contributed by atoms with E-state index in [9.17, 15) is 19.3 Å². The van der Waals surface area contributed by atoms with Gasteiger partial charge in [-0.2, -0.15) is 4.39 Å². The molecule has 2 rings (SSSR count). The van der Waals surface area contributed by atoms with Crippen molar-refractivity contribution in [2.24, 2.45) is 0 Å². The first-order valence-corrected chi connectivity index (χ1v) is 6.14. The summed E-state index contributed by atoms with van der Waals surface area (Å²) >= 11 is 3.17. The third-order valence-corrected chi connectivity index (χ3v) is 3.02. The zero-order valence-corrected chi connectivity index (χ0v) is 11.4. The highest BCUT2D eigenvalue weighted by Crippen LogP contribution is 2.22. The van der Waals surface area contributed by atoms with Crippen LogP contribution in [-0.4, -0.2) is 15.8 Å². The number of hydrogen-bond donors (Lipinski definition) is 1. The summed E-state index contributed by atoms with van der Waals surface area (Å²) in [5.41, 5.74) is -0.413. The second-order valence-electron chi connectivity index (χ2n) is 3.71. The average molecular weight is 340 g/mol. The molecular weight excluding hydrogens is 333 g/mol. The second-order valence-corrected chi connectivity index (χ2v) is 4.57. The fourth-order valence-electron chi connectivity index (χ4n) is 1.48. The first kappa shape index (κ1) is 14.1. The average Bonchev–Trinajstić information content (AvgIpc) is 2.38. The number of halogens is 2. The van der Waals surface area contributed by atoms with Crippen LogP contribution < -0.4 is 5.32 Å². The third kappa shape index (κ3) is 2.97. The summed E-state index contributed by atoms with van der Waals surface area (Å²) in [5, 5.41) is 12.9. The highest BCUT2D eigenvalue weighted by atomic mass is 79.9. The highest BCUT2D eigenvalue weighted by molar-refractivity contribution is 9.10. The maximum atomic E-state index is 13.4. The number of nitrogens with one attached hydrogen (secondary N) is 1. The Labute approximate surface area is 120 Å². The van der Waals surface area contributed by atoms with Crippen molar-refractivity contribution in [3.8, 4) is 0 Å². The Hall–Kier alpha value is -2.35. The molecule has 1 aromatic carbocycles. The SMILES string of the molecule is O=C(Nc1ccc([N+](=O)[O-])c(F)c1)c1ncccc1Br. The van der Waals surface area contributed by atoms with E-state index in [0.717, 1.165) is 12.1 Å². The van der Waals surface area contributed by atoms with Gasteiger partial charge in [-0.15, -0.1) is 0 Å². The number of nitro benzene ring substituents is 1. The Balaban J connectivity index is 2.23. The maximum absolute atomic E-state index is 13.4. The molecule has 0 radical (unpaired) electrons. The van der Waals surface area contributed by atoms with Crippen LogP contribution in [0, 0.1) is 15.9 Å². The minimum atomic E-state index is -1.02. The topological polar surface area (TPSA) is 85.1 Å². The van der Waals surface area contributed by atoms with Crippen molar-refractivity contribution in [1.82, 2.24) is 4.98 Å². The van der Waals surface area contributed by atoms with Crippen molar-refractivity contribution in [2.75, 3.05) is 5.32 Å².